The minimum Gasteiger partial charge on any atom is -0.455 e. The highest BCUT2D eigenvalue weighted by atomic mass is 16.6. The average Bonchev–Trinajstić information content (AvgIpc) is 2.60. The SMILES string of the molecule is Cc1cccc([N+](=O)[O-])c1NC(=O)COC(=O)C1CCC(C(C)(C)C)CC1. The molecule has 1 fully saturated rings. The van der Waals surface area contributed by atoms with E-state index in [0.717, 1.165) is 25.7 Å². The van der Waals surface area contributed by atoms with Crippen LogP contribution in [0.3, 0.4) is 0 Å². The Bertz CT molecular complexity index is 716. The number of hydrogen-bond donors (Lipinski definition) is 1. The maximum absolute atomic E-state index is 12.2. The number of amides is 1. The zero-order valence-electron chi connectivity index (χ0n) is 16.4. The summed E-state index contributed by atoms with van der Waals surface area (Å²) >= 11 is 0. The van der Waals surface area contributed by atoms with Crippen LogP contribution in [0.25, 0.3) is 0 Å². The summed E-state index contributed by atoms with van der Waals surface area (Å²) in [5.74, 6) is -0.531. The molecule has 1 saturated carbocycles. The molecule has 1 aliphatic rings. The molecule has 0 saturated heterocycles. The quantitative estimate of drug-likeness (QED) is 0.471. The van der Waals surface area contributed by atoms with E-state index in [9.17, 15) is 19.7 Å². The highest BCUT2D eigenvalue weighted by molar-refractivity contribution is 5.95. The number of ether oxygens (including phenoxy) is 1. The Balaban J connectivity index is 1.86. The van der Waals surface area contributed by atoms with Crippen LogP contribution in [0.2, 0.25) is 0 Å². The molecular weight excluding hydrogens is 348 g/mol. The minimum atomic E-state index is -0.580. The Kier molecular flexibility index (Phi) is 6.57. The average molecular weight is 376 g/mol. The van der Waals surface area contributed by atoms with Crippen molar-refractivity contribution in [3.8, 4) is 0 Å². The third kappa shape index (κ3) is 5.52. The first-order chi connectivity index (χ1) is 12.6. The summed E-state index contributed by atoms with van der Waals surface area (Å²) in [6.07, 6.45) is 3.49. The van der Waals surface area contributed by atoms with Gasteiger partial charge in [0.2, 0.25) is 0 Å². The number of hydrogen-bond acceptors (Lipinski definition) is 5. The molecule has 0 bridgehead atoms. The van der Waals surface area contributed by atoms with Crippen molar-refractivity contribution in [2.45, 2.75) is 53.4 Å². The summed E-state index contributed by atoms with van der Waals surface area (Å²) in [7, 11) is 0. The smallest absolute Gasteiger partial charge is 0.309 e. The van der Waals surface area contributed by atoms with Crippen molar-refractivity contribution in [1.29, 1.82) is 0 Å². The van der Waals surface area contributed by atoms with Crippen LogP contribution in [0.4, 0.5) is 11.4 Å². The summed E-state index contributed by atoms with van der Waals surface area (Å²) in [4.78, 5) is 34.9. The highest BCUT2D eigenvalue weighted by Gasteiger charge is 2.33. The Morgan fingerprint density at radius 2 is 1.85 bits per heavy atom. The topological polar surface area (TPSA) is 98.5 Å². The summed E-state index contributed by atoms with van der Waals surface area (Å²) < 4.78 is 5.16. The number of para-hydroxylation sites is 1. The van der Waals surface area contributed by atoms with Gasteiger partial charge in [-0.05, 0) is 49.5 Å². The molecule has 0 spiro atoms. The number of nitrogens with zero attached hydrogens (tertiary/aromatic N) is 1. The van der Waals surface area contributed by atoms with Crippen LogP contribution < -0.4 is 5.32 Å². The van der Waals surface area contributed by atoms with Crippen LogP contribution in [0, 0.1) is 34.3 Å². The Labute approximate surface area is 159 Å². The van der Waals surface area contributed by atoms with Crippen LogP contribution in [-0.4, -0.2) is 23.4 Å². The number of carbonyl (C=O) groups is 2. The van der Waals surface area contributed by atoms with Crippen LogP contribution >= 0.6 is 0 Å². The molecule has 1 aromatic rings. The number of aryl methyl sites for hydroxylation is 1. The highest BCUT2D eigenvalue weighted by Crippen LogP contribution is 2.40. The first kappa shape index (κ1) is 20.9. The molecule has 2 rings (SSSR count). The van der Waals surface area contributed by atoms with Gasteiger partial charge in [0.05, 0.1) is 10.8 Å². The molecular formula is C20H28N2O5. The fraction of sp³-hybridized carbons (Fsp3) is 0.600. The lowest BCUT2D eigenvalue weighted by Gasteiger charge is -2.36. The number of nitro groups is 1. The molecule has 0 aliphatic heterocycles. The van der Waals surface area contributed by atoms with E-state index in [1.54, 1.807) is 19.1 Å². The van der Waals surface area contributed by atoms with Crippen LogP contribution in [0.15, 0.2) is 18.2 Å². The van der Waals surface area contributed by atoms with Gasteiger partial charge in [-0.3, -0.25) is 19.7 Å². The van der Waals surface area contributed by atoms with Crippen molar-refractivity contribution in [3.63, 3.8) is 0 Å². The fourth-order valence-corrected chi connectivity index (χ4v) is 3.59. The zero-order valence-corrected chi connectivity index (χ0v) is 16.4. The minimum absolute atomic E-state index is 0.134. The molecule has 0 atom stereocenters. The van der Waals surface area contributed by atoms with Gasteiger partial charge in [-0.15, -0.1) is 0 Å². The van der Waals surface area contributed by atoms with E-state index >= 15 is 0 Å². The van der Waals surface area contributed by atoms with Crippen LogP contribution in [0.5, 0.6) is 0 Å². The number of anilines is 1. The molecule has 0 radical (unpaired) electrons. The van der Waals surface area contributed by atoms with E-state index in [-0.39, 0.29) is 28.7 Å². The predicted octanol–water partition coefficient (Wildman–Crippen LogP) is 4.24. The number of benzene rings is 1. The molecule has 27 heavy (non-hydrogen) atoms. The fourth-order valence-electron chi connectivity index (χ4n) is 3.59. The Morgan fingerprint density at radius 1 is 1.22 bits per heavy atom. The van der Waals surface area contributed by atoms with Gasteiger partial charge in [-0.1, -0.05) is 32.9 Å². The van der Waals surface area contributed by atoms with E-state index in [1.807, 2.05) is 0 Å². The summed E-state index contributed by atoms with van der Waals surface area (Å²) in [6, 6.07) is 4.54. The molecule has 1 aliphatic carbocycles. The molecule has 1 amide bonds. The Hall–Kier alpha value is -2.44. The lowest BCUT2D eigenvalue weighted by molar-refractivity contribution is -0.384. The number of rotatable bonds is 5. The van der Waals surface area contributed by atoms with Crippen molar-refractivity contribution >= 4 is 23.3 Å². The number of nitrogens with one attached hydrogen (secondary N) is 1. The predicted molar refractivity (Wildman–Crippen MR) is 102 cm³/mol. The molecule has 7 nitrogen and oxygen atoms in total. The monoisotopic (exact) mass is 376 g/mol. The maximum atomic E-state index is 12.2. The summed E-state index contributed by atoms with van der Waals surface area (Å²) in [5, 5.41) is 13.6. The van der Waals surface area contributed by atoms with Gasteiger partial charge in [-0.2, -0.15) is 0 Å². The second-order valence-electron chi connectivity index (χ2n) is 8.30. The van der Waals surface area contributed by atoms with Gasteiger partial charge in [0.25, 0.3) is 11.6 Å². The zero-order chi connectivity index (χ0) is 20.2. The van der Waals surface area contributed by atoms with Crippen molar-refractivity contribution in [2.75, 3.05) is 11.9 Å². The van der Waals surface area contributed by atoms with Crippen molar-refractivity contribution in [2.24, 2.45) is 17.3 Å². The Morgan fingerprint density at radius 3 is 2.41 bits per heavy atom. The van der Waals surface area contributed by atoms with Crippen LogP contribution in [-0.2, 0) is 14.3 Å². The van der Waals surface area contributed by atoms with Crippen molar-refractivity contribution in [3.05, 3.63) is 33.9 Å². The molecule has 0 heterocycles. The van der Waals surface area contributed by atoms with Gasteiger partial charge >= 0.3 is 5.97 Å². The number of carbonyl (C=O) groups excluding carboxylic acids is 2. The lowest BCUT2D eigenvalue weighted by atomic mass is 9.70. The molecule has 7 heteroatoms. The molecule has 1 N–H and O–H groups in total. The first-order valence-electron chi connectivity index (χ1n) is 9.30. The largest absolute Gasteiger partial charge is 0.455 e. The normalized spacial score (nSPS) is 20.0. The third-order valence-corrected chi connectivity index (χ3v) is 5.34. The van der Waals surface area contributed by atoms with Gasteiger partial charge < -0.3 is 10.1 Å². The number of nitro benzene ring substituents is 1. The standard InChI is InChI=1S/C20H28N2O5/c1-13-6-5-7-16(22(25)26)18(13)21-17(23)12-27-19(24)14-8-10-15(11-9-14)20(2,3)4/h5-7,14-15H,8-12H2,1-4H3,(H,21,23). The third-order valence-electron chi connectivity index (χ3n) is 5.34. The van der Waals surface area contributed by atoms with E-state index in [1.165, 1.54) is 6.07 Å². The van der Waals surface area contributed by atoms with Gasteiger partial charge in [0.15, 0.2) is 6.61 Å². The van der Waals surface area contributed by atoms with Crippen molar-refractivity contribution in [1.82, 2.24) is 0 Å². The summed E-state index contributed by atoms with van der Waals surface area (Å²) in [5.41, 5.74) is 0.755. The number of esters is 1. The van der Waals surface area contributed by atoms with Gasteiger partial charge in [-0.25, -0.2) is 0 Å². The summed E-state index contributed by atoms with van der Waals surface area (Å²) in [6.45, 7) is 7.87. The second kappa shape index (κ2) is 8.50. The van der Waals surface area contributed by atoms with Gasteiger partial charge in [0, 0.05) is 6.07 Å². The van der Waals surface area contributed by atoms with E-state index < -0.39 is 17.4 Å². The second-order valence-corrected chi connectivity index (χ2v) is 8.30. The van der Waals surface area contributed by atoms with E-state index in [4.69, 9.17) is 4.74 Å². The van der Waals surface area contributed by atoms with Crippen molar-refractivity contribution < 1.29 is 19.2 Å². The van der Waals surface area contributed by atoms with Gasteiger partial charge in [0.1, 0.15) is 5.69 Å². The van der Waals surface area contributed by atoms with E-state index in [2.05, 4.69) is 26.1 Å². The van der Waals surface area contributed by atoms with E-state index in [0.29, 0.717) is 11.5 Å². The molecule has 0 aromatic heterocycles. The molecule has 148 valence electrons. The molecule has 0 unspecified atom stereocenters. The van der Waals surface area contributed by atoms with Crippen LogP contribution in [0.1, 0.15) is 52.0 Å². The lowest BCUT2D eigenvalue weighted by Crippen LogP contribution is -2.31. The maximum Gasteiger partial charge on any atom is 0.309 e. The first-order valence-corrected chi connectivity index (χ1v) is 9.30. The molecule has 1 aromatic carbocycles.